The van der Waals surface area contributed by atoms with E-state index in [1.54, 1.807) is 49.8 Å². The van der Waals surface area contributed by atoms with Gasteiger partial charge in [-0.1, -0.05) is 12.1 Å². The summed E-state index contributed by atoms with van der Waals surface area (Å²) in [7, 11) is 1.56. The maximum atomic E-state index is 13.3. The van der Waals surface area contributed by atoms with Gasteiger partial charge in [-0.05, 0) is 79.4 Å². The van der Waals surface area contributed by atoms with Crippen molar-refractivity contribution in [1.82, 2.24) is 4.98 Å². The average molecular weight is 428 g/mol. The van der Waals surface area contributed by atoms with Gasteiger partial charge in [-0.3, -0.25) is 19.5 Å². The van der Waals surface area contributed by atoms with Crippen molar-refractivity contribution in [3.63, 3.8) is 0 Å². The van der Waals surface area contributed by atoms with Crippen LogP contribution < -0.4 is 9.64 Å². The predicted octanol–water partition coefficient (Wildman–Crippen LogP) is 4.64. The van der Waals surface area contributed by atoms with E-state index in [9.17, 15) is 14.7 Å². The van der Waals surface area contributed by atoms with Crippen molar-refractivity contribution in [3.05, 3.63) is 94.3 Å². The van der Waals surface area contributed by atoms with E-state index in [0.29, 0.717) is 22.6 Å². The smallest absolute Gasteiger partial charge is 0.300 e. The molecule has 32 heavy (non-hydrogen) atoms. The lowest BCUT2D eigenvalue weighted by molar-refractivity contribution is -0.132. The van der Waals surface area contributed by atoms with Crippen LogP contribution in [0, 0.1) is 20.8 Å². The van der Waals surface area contributed by atoms with E-state index < -0.39 is 17.7 Å². The highest BCUT2D eigenvalue weighted by molar-refractivity contribution is 6.51. The third-order valence-corrected chi connectivity index (χ3v) is 5.99. The molecule has 0 saturated carbocycles. The Morgan fingerprint density at radius 2 is 1.72 bits per heavy atom. The third kappa shape index (κ3) is 3.43. The second-order valence-corrected chi connectivity index (χ2v) is 7.85. The van der Waals surface area contributed by atoms with Crippen molar-refractivity contribution in [2.24, 2.45) is 0 Å². The lowest BCUT2D eigenvalue weighted by atomic mass is 9.94. The van der Waals surface area contributed by atoms with Gasteiger partial charge >= 0.3 is 0 Å². The minimum Gasteiger partial charge on any atom is -0.507 e. The van der Waals surface area contributed by atoms with Crippen molar-refractivity contribution in [3.8, 4) is 5.75 Å². The molecule has 162 valence electrons. The number of aromatic nitrogens is 1. The zero-order valence-corrected chi connectivity index (χ0v) is 18.4. The lowest BCUT2D eigenvalue weighted by Crippen LogP contribution is -2.30. The zero-order chi connectivity index (χ0) is 23.0. The molecule has 2 aromatic carbocycles. The number of Topliss-reactive ketones (excluding diaryl/α,β-unsaturated/α-hetero) is 1. The minimum absolute atomic E-state index is 0.0513. The molecule has 1 atom stereocenters. The summed E-state index contributed by atoms with van der Waals surface area (Å²) in [5.74, 6) is -0.965. The SMILES string of the molecule is COc1ccc(/C(O)=C2\C(=O)C(=O)N(c3cccc(C)c3C)C2c2ccncc2)c(C)c1. The van der Waals surface area contributed by atoms with E-state index in [-0.39, 0.29) is 11.3 Å². The highest BCUT2D eigenvalue weighted by atomic mass is 16.5. The maximum absolute atomic E-state index is 13.3. The van der Waals surface area contributed by atoms with Crippen LogP contribution in [0.5, 0.6) is 5.75 Å². The minimum atomic E-state index is -0.778. The Morgan fingerprint density at radius 1 is 1.00 bits per heavy atom. The van der Waals surface area contributed by atoms with Gasteiger partial charge in [-0.25, -0.2) is 0 Å². The van der Waals surface area contributed by atoms with Gasteiger partial charge in [0.25, 0.3) is 11.7 Å². The van der Waals surface area contributed by atoms with Crippen LogP contribution in [0.15, 0.2) is 66.5 Å². The van der Waals surface area contributed by atoms with Crippen molar-refractivity contribution in [1.29, 1.82) is 0 Å². The van der Waals surface area contributed by atoms with Crippen LogP contribution in [0.3, 0.4) is 0 Å². The summed E-state index contributed by atoms with van der Waals surface area (Å²) in [6, 6.07) is 13.5. The van der Waals surface area contributed by atoms with E-state index >= 15 is 0 Å². The first-order valence-corrected chi connectivity index (χ1v) is 10.3. The van der Waals surface area contributed by atoms with Crippen LogP contribution in [-0.4, -0.2) is 28.9 Å². The molecule has 1 aliphatic heterocycles. The molecule has 4 rings (SSSR count). The molecular formula is C26H24N2O4. The molecule has 0 spiro atoms. The Labute approximate surface area is 186 Å². The molecule has 1 aliphatic rings. The number of ether oxygens (including phenoxy) is 1. The molecule has 1 aromatic heterocycles. The molecular weight excluding hydrogens is 404 g/mol. The number of anilines is 1. The van der Waals surface area contributed by atoms with Gasteiger partial charge in [-0.2, -0.15) is 0 Å². The Hall–Kier alpha value is -3.93. The predicted molar refractivity (Wildman–Crippen MR) is 123 cm³/mol. The average Bonchev–Trinajstić information content (AvgIpc) is 3.06. The van der Waals surface area contributed by atoms with E-state index in [4.69, 9.17) is 4.74 Å². The standard InChI is InChI=1S/C26H24N2O4/c1-15-6-5-7-21(17(15)3)28-23(18-10-12-27-13-11-18)22(25(30)26(28)31)24(29)20-9-8-19(32-4)14-16(20)2/h5-14,23,29H,1-4H3/b24-22+. The molecule has 0 bridgehead atoms. The quantitative estimate of drug-likeness (QED) is 0.372. The number of carbonyl (C=O) groups is 2. The van der Waals surface area contributed by atoms with Gasteiger partial charge in [0.1, 0.15) is 11.5 Å². The number of ketones is 1. The number of nitrogens with zero attached hydrogens (tertiary/aromatic N) is 2. The van der Waals surface area contributed by atoms with Gasteiger partial charge in [0, 0.05) is 23.6 Å². The lowest BCUT2D eigenvalue weighted by Gasteiger charge is -2.27. The number of benzene rings is 2. The van der Waals surface area contributed by atoms with E-state index in [1.807, 2.05) is 39.0 Å². The first-order chi connectivity index (χ1) is 15.3. The fourth-order valence-electron chi connectivity index (χ4n) is 4.11. The molecule has 6 nitrogen and oxygen atoms in total. The summed E-state index contributed by atoms with van der Waals surface area (Å²) >= 11 is 0. The van der Waals surface area contributed by atoms with E-state index in [1.165, 1.54) is 4.90 Å². The van der Waals surface area contributed by atoms with Crippen LogP contribution >= 0.6 is 0 Å². The summed E-state index contributed by atoms with van der Waals surface area (Å²) in [4.78, 5) is 32.1. The Bertz CT molecular complexity index is 1250. The number of hydrogen-bond donors (Lipinski definition) is 1. The van der Waals surface area contributed by atoms with Crippen molar-refractivity contribution >= 4 is 23.1 Å². The molecule has 2 heterocycles. The fraction of sp³-hybridized carbons (Fsp3) is 0.192. The van der Waals surface area contributed by atoms with Gasteiger partial charge in [0.05, 0.1) is 18.7 Å². The Morgan fingerprint density at radius 3 is 2.38 bits per heavy atom. The largest absolute Gasteiger partial charge is 0.507 e. The van der Waals surface area contributed by atoms with Crippen molar-refractivity contribution in [2.45, 2.75) is 26.8 Å². The fourth-order valence-corrected chi connectivity index (χ4v) is 4.11. The molecule has 3 aromatic rings. The summed E-state index contributed by atoms with van der Waals surface area (Å²) in [6.45, 7) is 5.69. The number of methoxy groups -OCH3 is 1. The number of aliphatic hydroxyl groups is 1. The van der Waals surface area contributed by atoms with Crippen LogP contribution in [-0.2, 0) is 9.59 Å². The maximum Gasteiger partial charge on any atom is 0.300 e. The third-order valence-electron chi connectivity index (χ3n) is 5.99. The number of rotatable bonds is 4. The zero-order valence-electron chi connectivity index (χ0n) is 18.4. The molecule has 1 saturated heterocycles. The van der Waals surface area contributed by atoms with Crippen molar-refractivity contribution < 1.29 is 19.4 Å². The van der Waals surface area contributed by atoms with Crippen LogP contribution in [0.4, 0.5) is 5.69 Å². The number of carbonyl (C=O) groups excluding carboxylic acids is 2. The van der Waals surface area contributed by atoms with Gasteiger partial charge in [0.15, 0.2) is 0 Å². The molecule has 1 amide bonds. The molecule has 1 fully saturated rings. The van der Waals surface area contributed by atoms with Crippen LogP contribution in [0.2, 0.25) is 0 Å². The first kappa shape index (κ1) is 21.3. The van der Waals surface area contributed by atoms with Gasteiger partial charge < -0.3 is 9.84 Å². The molecule has 0 aliphatic carbocycles. The summed E-state index contributed by atoms with van der Waals surface area (Å²) < 4.78 is 5.25. The normalized spacial score (nSPS) is 17.6. The van der Waals surface area contributed by atoms with Gasteiger partial charge in [-0.15, -0.1) is 0 Å². The number of hydrogen-bond acceptors (Lipinski definition) is 5. The topological polar surface area (TPSA) is 79.7 Å². The second kappa shape index (κ2) is 8.30. The number of aryl methyl sites for hydroxylation is 2. The van der Waals surface area contributed by atoms with E-state index in [2.05, 4.69) is 4.98 Å². The van der Waals surface area contributed by atoms with Gasteiger partial charge in [0.2, 0.25) is 0 Å². The highest BCUT2D eigenvalue weighted by Crippen LogP contribution is 2.43. The Balaban J connectivity index is 1.98. The summed E-state index contributed by atoms with van der Waals surface area (Å²) in [5, 5.41) is 11.3. The number of amides is 1. The molecule has 6 heteroatoms. The molecule has 1 N–H and O–H groups in total. The van der Waals surface area contributed by atoms with E-state index in [0.717, 1.165) is 16.7 Å². The Kier molecular flexibility index (Phi) is 5.53. The molecule has 0 radical (unpaired) electrons. The summed E-state index contributed by atoms with van der Waals surface area (Å²) in [6.07, 6.45) is 3.22. The van der Waals surface area contributed by atoms with Crippen LogP contribution in [0.25, 0.3) is 5.76 Å². The first-order valence-electron chi connectivity index (χ1n) is 10.3. The summed E-state index contributed by atoms with van der Waals surface area (Å²) in [5.41, 5.74) is 4.48. The second-order valence-electron chi connectivity index (χ2n) is 7.85. The molecule has 1 unspecified atom stereocenters. The number of aliphatic hydroxyl groups excluding tert-OH is 1. The highest BCUT2D eigenvalue weighted by Gasteiger charge is 2.47. The van der Waals surface area contributed by atoms with Crippen molar-refractivity contribution in [2.75, 3.05) is 12.0 Å². The monoisotopic (exact) mass is 428 g/mol. The number of pyridine rings is 1. The van der Waals surface area contributed by atoms with Crippen LogP contribution in [0.1, 0.15) is 33.9 Å².